The van der Waals surface area contributed by atoms with Crippen LogP contribution in [-0.4, -0.2) is 45.1 Å². The molecule has 2 amide bonds. The van der Waals surface area contributed by atoms with Crippen LogP contribution in [0.3, 0.4) is 0 Å². The van der Waals surface area contributed by atoms with Crippen LogP contribution in [0.1, 0.15) is 55.8 Å². The summed E-state index contributed by atoms with van der Waals surface area (Å²) in [4.78, 5) is 32.0. The summed E-state index contributed by atoms with van der Waals surface area (Å²) in [5.74, 6) is -0.511. The quantitative estimate of drug-likeness (QED) is 0.746. The molecular formula is C14H22N4O3. The lowest BCUT2D eigenvalue weighted by atomic mass is 9.76. The normalized spacial score (nSPS) is 16.1. The molecule has 0 bridgehead atoms. The Morgan fingerprint density at radius 1 is 1.48 bits per heavy atom. The van der Waals surface area contributed by atoms with E-state index in [9.17, 15) is 9.59 Å². The molecular weight excluding hydrogens is 272 g/mol. The molecule has 0 radical (unpaired) electrons. The summed E-state index contributed by atoms with van der Waals surface area (Å²) in [6.07, 6.45) is 4.74. The lowest BCUT2D eigenvalue weighted by Crippen LogP contribution is -2.55. The minimum Gasteiger partial charge on any atom is -0.477 e. The highest BCUT2D eigenvalue weighted by atomic mass is 16.4. The zero-order valence-corrected chi connectivity index (χ0v) is 12.5. The van der Waals surface area contributed by atoms with Gasteiger partial charge < -0.3 is 20.3 Å². The average molecular weight is 294 g/mol. The number of H-pyrrole nitrogens is 1. The van der Waals surface area contributed by atoms with E-state index in [0.717, 1.165) is 25.7 Å². The number of nitrogens with zero attached hydrogens (tertiary/aromatic N) is 2. The van der Waals surface area contributed by atoms with E-state index in [0.29, 0.717) is 18.9 Å². The van der Waals surface area contributed by atoms with E-state index in [1.54, 1.807) is 4.90 Å². The molecule has 0 saturated heterocycles. The van der Waals surface area contributed by atoms with Crippen LogP contribution in [0, 0.1) is 0 Å². The van der Waals surface area contributed by atoms with Crippen LogP contribution < -0.4 is 5.32 Å². The van der Waals surface area contributed by atoms with Gasteiger partial charge in [0.1, 0.15) is 11.5 Å². The Morgan fingerprint density at radius 3 is 2.62 bits per heavy atom. The van der Waals surface area contributed by atoms with Gasteiger partial charge in [-0.2, -0.15) is 0 Å². The van der Waals surface area contributed by atoms with Crippen LogP contribution in [-0.2, 0) is 5.54 Å². The molecule has 0 aromatic carbocycles. The summed E-state index contributed by atoms with van der Waals surface area (Å²) in [5, 5.41) is 12.0. The molecule has 1 fully saturated rings. The third-order valence-corrected chi connectivity index (χ3v) is 3.98. The number of rotatable bonds is 6. The van der Waals surface area contributed by atoms with E-state index in [2.05, 4.69) is 15.3 Å². The summed E-state index contributed by atoms with van der Waals surface area (Å²) >= 11 is 0. The highest BCUT2D eigenvalue weighted by molar-refractivity contribution is 5.85. The second-order valence-corrected chi connectivity index (χ2v) is 5.40. The molecule has 1 aliphatic carbocycles. The molecule has 1 aliphatic rings. The Bertz CT molecular complexity index is 522. The van der Waals surface area contributed by atoms with Gasteiger partial charge >= 0.3 is 12.0 Å². The van der Waals surface area contributed by atoms with E-state index >= 15 is 0 Å². The lowest BCUT2D eigenvalue weighted by molar-refractivity contribution is 0.0690. The topological polar surface area (TPSA) is 98.3 Å². The van der Waals surface area contributed by atoms with Crippen molar-refractivity contribution in [3.63, 3.8) is 0 Å². The maximum absolute atomic E-state index is 12.3. The molecule has 3 N–H and O–H groups in total. The predicted octanol–water partition coefficient (Wildman–Crippen LogP) is 1.93. The van der Waals surface area contributed by atoms with Crippen molar-refractivity contribution in [1.82, 2.24) is 20.2 Å². The van der Waals surface area contributed by atoms with Crippen molar-refractivity contribution in [2.45, 2.75) is 45.1 Å². The number of aromatic carboxylic acids is 1. The van der Waals surface area contributed by atoms with Crippen molar-refractivity contribution in [3.05, 3.63) is 17.7 Å². The molecule has 1 heterocycles. The largest absolute Gasteiger partial charge is 0.477 e. The van der Waals surface area contributed by atoms with Gasteiger partial charge in [0, 0.05) is 13.1 Å². The van der Waals surface area contributed by atoms with Crippen molar-refractivity contribution in [2.75, 3.05) is 13.1 Å². The number of imidazole rings is 1. The minimum atomic E-state index is -1.05. The summed E-state index contributed by atoms with van der Waals surface area (Å²) in [7, 11) is 0. The lowest BCUT2D eigenvalue weighted by Gasteiger charge is -2.42. The fourth-order valence-corrected chi connectivity index (χ4v) is 2.58. The summed E-state index contributed by atoms with van der Waals surface area (Å²) in [6.45, 7) is 5.32. The predicted molar refractivity (Wildman–Crippen MR) is 77.1 cm³/mol. The van der Waals surface area contributed by atoms with Gasteiger partial charge in [0.15, 0.2) is 0 Å². The Hall–Kier alpha value is -2.05. The van der Waals surface area contributed by atoms with E-state index in [1.165, 1.54) is 6.20 Å². The smallest absolute Gasteiger partial charge is 0.353 e. The Morgan fingerprint density at radius 2 is 2.19 bits per heavy atom. The molecule has 7 heteroatoms. The molecule has 0 atom stereocenters. The highest BCUT2D eigenvalue weighted by Crippen LogP contribution is 2.39. The van der Waals surface area contributed by atoms with Gasteiger partial charge in [0.05, 0.1) is 11.7 Å². The molecule has 7 nitrogen and oxygen atoms in total. The maximum atomic E-state index is 12.3. The number of nitrogens with one attached hydrogen (secondary N) is 2. The Labute approximate surface area is 123 Å². The fraction of sp³-hybridized carbons (Fsp3) is 0.643. The molecule has 0 unspecified atom stereocenters. The number of carboxylic acids is 1. The van der Waals surface area contributed by atoms with Crippen LogP contribution in [0.25, 0.3) is 0 Å². The van der Waals surface area contributed by atoms with Crippen molar-refractivity contribution >= 4 is 12.0 Å². The van der Waals surface area contributed by atoms with Crippen LogP contribution in [0.4, 0.5) is 4.79 Å². The zero-order chi connectivity index (χ0) is 15.5. The molecule has 1 aromatic rings. The second-order valence-electron chi connectivity index (χ2n) is 5.40. The van der Waals surface area contributed by atoms with E-state index < -0.39 is 11.5 Å². The number of hydrogen-bond donors (Lipinski definition) is 3. The number of hydrogen-bond acceptors (Lipinski definition) is 3. The molecule has 1 saturated carbocycles. The molecule has 2 rings (SSSR count). The standard InChI is InChI=1S/C14H22N4O3/c1-3-8-18(4-2)13(21)17-14(6-5-7-14)12-15-9-10(16-12)11(19)20/h9H,3-8H2,1-2H3,(H,15,16)(H,17,21)(H,19,20). The van der Waals surface area contributed by atoms with E-state index in [-0.39, 0.29) is 11.7 Å². The second kappa shape index (κ2) is 6.15. The van der Waals surface area contributed by atoms with Gasteiger partial charge in [-0.3, -0.25) is 0 Å². The summed E-state index contributed by atoms with van der Waals surface area (Å²) in [5.41, 5.74) is -0.502. The van der Waals surface area contributed by atoms with Crippen LogP contribution in [0.5, 0.6) is 0 Å². The highest BCUT2D eigenvalue weighted by Gasteiger charge is 2.43. The fourth-order valence-electron chi connectivity index (χ4n) is 2.58. The molecule has 0 aliphatic heterocycles. The van der Waals surface area contributed by atoms with Gasteiger partial charge in [0.25, 0.3) is 0 Å². The number of urea groups is 1. The van der Waals surface area contributed by atoms with Crippen molar-refractivity contribution in [3.8, 4) is 0 Å². The minimum absolute atomic E-state index is 0.0476. The van der Waals surface area contributed by atoms with Gasteiger partial charge in [-0.25, -0.2) is 14.6 Å². The van der Waals surface area contributed by atoms with Gasteiger partial charge in [-0.15, -0.1) is 0 Å². The number of carboxylic acid groups (broad SMARTS) is 1. The molecule has 1 aromatic heterocycles. The summed E-state index contributed by atoms with van der Waals surface area (Å²) in [6, 6.07) is -0.118. The number of carbonyl (C=O) groups excluding carboxylic acids is 1. The maximum Gasteiger partial charge on any atom is 0.353 e. The van der Waals surface area contributed by atoms with Crippen molar-refractivity contribution in [2.24, 2.45) is 0 Å². The molecule has 21 heavy (non-hydrogen) atoms. The van der Waals surface area contributed by atoms with Crippen LogP contribution in [0.15, 0.2) is 6.20 Å². The van der Waals surface area contributed by atoms with Gasteiger partial charge in [0.2, 0.25) is 0 Å². The Balaban J connectivity index is 2.13. The van der Waals surface area contributed by atoms with Gasteiger partial charge in [-0.1, -0.05) is 6.92 Å². The molecule has 116 valence electrons. The van der Waals surface area contributed by atoms with Crippen LogP contribution >= 0.6 is 0 Å². The monoisotopic (exact) mass is 294 g/mol. The number of aromatic amines is 1. The third kappa shape index (κ3) is 3.01. The average Bonchev–Trinajstić information content (AvgIpc) is 2.90. The van der Waals surface area contributed by atoms with Gasteiger partial charge in [-0.05, 0) is 32.6 Å². The third-order valence-electron chi connectivity index (χ3n) is 3.98. The Kier molecular flexibility index (Phi) is 4.50. The molecule has 0 spiro atoms. The number of carbonyl (C=O) groups is 2. The van der Waals surface area contributed by atoms with Crippen molar-refractivity contribution in [1.29, 1.82) is 0 Å². The zero-order valence-electron chi connectivity index (χ0n) is 12.5. The van der Waals surface area contributed by atoms with E-state index in [4.69, 9.17) is 5.11 Å². The SMILES string of the molecule is CCCN(CC)C(=O)NC1(c2ncc(C(=O)O)[nH]2)CCC1. The van der Waals surface area contributed by atoms with E-state index in [1.807, 2.05) is 13.8 Å². The first-order valence-electron chi connectivity index (χ1n) is 7.38. The first kappa shape index (κ1) is 15.3. The summed E-state index contributed by atoms with van der Waals surface area (Å²) < 4.78 is 0. The number of aromatic nitrogens is 2. The van der Waals surface area contributed by atoms with Crippen molar-refractivity contribution < 1.29 is 14.7 Å². The first-order valence-corrected chi connectivity index (χ1v) is 7.38. The number of amides is 2. The first-order chi connectivity index (χ1) is 10.0. The van der Waals surface area contributed by atoms with Crippen LogP contribution in [0.2, 0.25) is 0 Å².